The third kappa shape index (κ3) is 4.63. The second-order valence-electron chi connectivity index (χ2n) is 9.19. The van der Waals surface area contributed by atoms with Gasteiger partial charge in [-0.2, -0.15) is 5.26 Å². The Kier molecular flexibility index (Phi) is 6.24. The Hall–Kier alpha value is -3.74. The number of fused-ring (bicyclic) bond motifs is 1. The number of halogens is 3. The lowest BCUT2D eigenvalue weighted by Crippen LogP contribution is -2.47. The number of hydrogen-bond donors (Lipinski definition) is 3. The first-order valence-electron chi connectivity index (χ1n) is 11.8. The van der Waals surface area contributed by atoms with E-state index in [1.54, 1.807) is 0 Å². The molecule has 0 radical (unpaired) electrons. The number of rotatable bonds is 4. The molecule has 3 aromatic rings. The number of nitrogens with zero attached hydrogens (tertiary/aromatic N) is 3. The third-order valence-corrected chi connectivity index (χ3v) is 6.79. The SMILES string of the molecule is N#Cc1cc(F)c(N[C@@H]2CCC[C@@H](NC(=O)N3CCCC3)C2)nc1-c1c[nH]c2c(F)cc(F)cc12. The molecule has 1 aromatic carbocycles. The van der Waals surface area contributed by atoms with Crippen molar-refractivity contribution in [1.29, 1.82) is 5.26 Å². The Labute approximate surface area is 200 Å². The van der Waals surface area contributed by atoms with Gasteiger partial charge in [-0.15, -0.1) is 0 Å². The van der Waals surface area contributed by atoms with E-state index < -0.39 is 17.5 Å². The van der Waals surface area contributed by atoms with Gasteiger partial charge in [0, 0.05) is 48.4 Å². The first-order valence-corrected chi connectivity index (χ1v) is 11.8. The minimum atomic E-state index is -0.769. The maximum Gasteiger partial charge on any atom is 0.317 e. The van der Waals surface area contributed by atoms with E-state index in [0.29, 0.717) is 12.0 Å². The van der Waals surface area contributed by atoms with Crippen LogP contribution in [0, 0.1) is 28.8 Å². The lowest BCUT2D eigenvalue weighted by atomic mass is 9.91. The Morgan fingerprint density at radius 3 is 2.63 bits per heavy atom. The third-order valence-electron chi connectivity index (χ3n) is 6.79. The highest BCUT2D eigenvalue weighted by Crippen LogP contribution is 2.34. The Morgan fingerprint density at radius 2 is 1.86 bits per heavy atom. The van der Waals surface area contributed by atoms with Crippen molar-refractivity contribution >= 4 is 22.8 Å². The van der Waals surface area contributed by atoms with Gasteiger partial charge in [0.1, 0.15) is 17.7 Å². The van der Waals surface area contributed by atoms with Crippen molar-refractivity contribution in [2.45, 2.75) is 50.6 Å². The van der Waals surface area contributed by atoms with Crippen LogP contribution >= 0.6 is 0 Å². The summed E-state index contributed by atoms with van der Waals surface area (Å²) in [5.41, 5.74) is 0.465. The van der Waals surface area contributed by atoms with Crippen LogP contribution in [0.1, 0.15) is 44.1 Å². The van der Waals surface area contributed by atoms with Gasteiger partial charge < -0.3 is 20.5 Å². The highest BCUT2D eigenvalue weighted by Gasteiger charge is 2.27. The molecule has 0 spiro atoms. The van der Waals surface area contributed by atoms with Crippen molar-refractivity contribution < 1.29 is 18.0 Å². The van der Waals surface area contributed by atoms with E-state index in [1.165, 1.54) is 6.20 Å². The fraction of sp³-hybridized carbons (Fsp3) is 0.400. The van der Waals surface area contributed by atoms with Gasteiger partial charge in [-0.3, -0.25) is 0 Å². The Bertz CT molecular complexity index is 1310. The molecule has 0 unspecified atom stereocenters. The van der Waals surface area contributed by atoms with Crippen LogP contribution in [0.3, 0.4) is 0 Å². The quantitative estimate of drug-likeness (QED) is 0.485. The zero-order chi connectivity index (χ0) is 24.5. The number of carbonyl (C=O) groups is 1. The molecule has 1 saturated heterocycles. The minimum Gasteiger partial charge on any atom is -0.365 e. The fourth-order valence-corrected chi connectivity index (χ4v) is 5.06. The molecule has 3 N–H and O–H groups in total. The van der Waals surface area contributed by atoms with E-state index in [0.717, 1.165) is 63.4 Å². The summed E-state index contributed by atoms with van der Waals surface area (Å²) >= 11 is 0. The van der Waals surface area contributed by atoms with Crippen LogP contribution in [-0.4, -0.2) is 46.1 Å². The molecular weight excluding hydrogens is 457 g/mol. The number of nitrogens with one attached hydrogen (secondary N) is 3. The lowest BCUT2D eigenvalue weighted by Gasteiger charge is -2.32. The van der Waals surface area contributed by atoms with Crippen molar-refractivity contribution in [3.05, 3.63) is 47.4 Å². The molecule has 1 aliphatic heterocycles. The first-order chi connectivity index (χ1) is 16.9. The highest BCUT2D eigenvalue weighted by molar-refractivity contribution is 5.96. The summed E-state index contributed by atoms with van der Waals surface area (Å²) in [7, 11) is 0. The largest absolute Gasteiger partial charge is 0.365 e. The van der Waals surface area contributed by atoms with Gasteiger partial charge >= 0.3 is 6.03 Å². The molecule has 2 aliphatic rings. The molecule has 1 aliphatic carbocycles. The van der Waals surface area contributed by atoms with Crippen LogP contribution in [-0.2, 0) is 0 Å². The second kappa shape index (κ2) is 9.49. The number of amides is 2. The zero-order valence-corrected chi connectivity index (χ0v) is 19.0. The molecule has 182 valence electrons. The van der Waals surface area contributed by atoms with Gasteiger partial charge in [-0.25, -0.2) is 22.9 Å². The Morgan fingerprint density at radius 1 is 1.09 bits per heavy atom. The van der Waals surface area contributed by atoms with E-state index in [1.807, 2.05) is 11.0 Å². The lowest BCUT2D eigenvalue weighted by molar-refractivity contribution is 0.199. The molecule has 2 atom stereocenters. The number of H-pyrrole nitrogens is 1. The number of benzene rings is 1. The standard InChI is InChI=1S/C25H25F3N6O/c26-15-9-18-19(13-30-23(18)20(27)10-15)22-14(12-29)8-21(28)24(33-22)31-16-4-3-5-17(11-16)32-25(35)34-6-1-2-7-34/h8-10,13,16-17,30H,1-7,11H2,(H,31,33)(H,32,35)/t16-,17-/m1/s1. The van der Waals surface area contributed by atoms with Crippen LogP contribution in [0.25, 0.3) is 22.2 Å². The number of likely N-dealkylation sites (tertiary alicyclic amines) is 1. The number of carbonyl (C=O) groups excluding carboxylic acids is 1. The van der Waals surface area contributed by atoms with Gasteiger partial charge in [0.25, 0.3) is 0 Å². The van der Waals surface area contributed by atoms with Gasteiger partial charge in [0.2, 0.25) is 0 Å². The van der Waals surface area contributed by atoms with E-state index >= 15 is 0 Å². The predicted octanol–water partition coefficient (Wildman–Crippen LogP) is 5.05. The number of nitriles is 1. The summed E-state index contributed by atoms with van der Waals surface area (Å²) in [6.45, 7) is 1.54. The average molecular weight is 483 g/mol. The zero-order valence-electron chi connectivity index (χ0n) is 19.0. The number of aromatic amines is 1. The summed E-state index contributed by atoms with van der Waals surface area (Å²) in [5, 5.41) is 16.0. The van der Waals surface area contributed by atoms with Gasteiger partial charge in [-0.05, 0) is 50.7 Å². The first kappa shape index (κ1) is 23.0. The van der Waals surface area contributed by atoms with Crippen molar-refractivity contribution in [2.24, 2.45) is 0 Å². The van der Waals surface area contributed by atoms with E-state index in [9.17, 15) is 23.2 Å². The molecule has 1 saturated carbocycles. The van der Waals surface area contributed by atoms with E-state index in [4.69, 9.17) is 0 Å². The number of hydrogen-bond acceptors (Lipinski definition) is 4. The molecule has 5 rings (SSSR count). The van der Waals surface area contributed by atoms with Crippen molar-refractivity contribution in [2.75, 3.05) is 18.4 Å². The monoisotopic (exact) mass is 482 g/mol. The number of aromatic nitrogens is 2. The van der Waals surface area contributed by atoms with E-state index in [2.05, 4.69) is 20.6 Å². The Balaban J connectivity index is 1.39. The molecule has 7 nitrogen and oxygen atoms in total. The molecule has 0 bridgehead atoms. The minimum absolute atomic E-state index is 0.0326. The van der Waals surface area contributed by atoms with E-state index in [-0.39, 0.29) is 46.1 Å². The van der Waals surface area contributed by atoms with Gasteiger partial charge in [-0.1, -0.05) is 0 Å². The maximum absolute atomic E-state index is 14.9. The molecule has 2 amide bonds. The van der Waals surface area contributed by atoms with Crippen LogP contribution in [0.2, 0.25) is 0 Å². The normalized spacial score (nSPS) is 20.1. The molecule has 3 heterocycles. The second-order valence-corrected chi connectivity index (χ2v) is 9.19. The smallest absolute Gasteiger partial charge is 0.317 e. The van der Waals surface area contributed by atoms with Crippen LogP contribution in [0.5, 0.6) is 0 Å². The molecular formula is C25H25F3N6O. The molecule has 2 aromatic heterocycles. The fourth-order valence-electron chi connectivity index (χ4n) is 5.06. The van der Waals surface area contributed by atoms with Gasteiger partial charge in [0.15, 0.2) is 11.6 Å². The van der Waals surface area contributed by atoms with Gasteiger partial charge in [0.05, 0.1) is 16.8 Å². The van der Waals surface area contributed by atoms with Crippen molar-refractivity contribution in [3.8, 4) is 17.3 Å². The number of pyridine rings is 1. The topological polar surface area (TPSA) is 96.8 Å². The summed E-state index contributed by atoms with van der Waals surface area (Å²) in [6, 6.07) is 4.69. The summed E-state index contributed by atoms with van der Waals surface area (Å²) < 4.78 is 42.9. The van der Waals surface area contributed by atoms with Crippen molar-refractivity contribution in [1.82, 2.24) is 20.2 Å². The highest BCUT2D eigenvalue weighted by atomic mass is 19.1. The maximum atomic E-state index is 14.9. The molecule has 10 heteroatoms. The summed E-state index contributed by atoms with van der Waals surface area (Å²) in [4.78, 5) is 21.4. The van der Waals surface area contributed by atoms with Crippen molar-refractivity contribution in [3.63, 3.8) is 0 Å². The average Bonchev–Trinajstić information content (AvgIpc) is 3.51. The molecule has 35 heavy (non-hydrogen) atoms. The van der Waals surface area contributed by atoms with Crippen LogP contribution in [0.4, 0.5) is 23.8 Å². The van der Waals surface area contributed by atoms with Crippen LogP contribution in [0.15, 0.2) is 24.4 Å². The predicted molar refractivity (Wildman–Crippen MR) is 125 cm³/mol. The summed E-state index contributed by atoms with van der Waals surface area (Å²) in [6.07, 6.45) is 6.55. The summed E-state index contributed by atoms with van der Waals surface area (Å²) in [5.74, 6) is -2.26. The molecule has 2 fully saturated rings. The number of anilines is 1. The van der Waals surface area contributed by atoms with Crippen LogP contribution < -0.4 is 10.6 Å². The number of urea groups is 1.